The molecule has 0 radical (unpaired) electrons. The van der Waals surface area contributed by atoms with E-state index < -0.39 is 0 Å². The average Bonchev–Trinajstić information content (AvgIpc) is 3.90. The number of rotatable bonds is 7. The van der Waals surface area contributed by atoms with Crippen molar-refractivity contribution in [3.8, 4) is 44.5 Å². The Hall–Kier alpha value is -7.30. The first-order valence-electron chi connectivity index (χ1n) is 20.7. The number of fused-ring (bicyclic) bond motifs is 7. The summed E-state index contributed by atoms with van der Waals surface area (Å²) in [5.74, 6) is 0. The van der Waals surface area contributed by atoms with Crippen molar-refractivity contribution in [2.75, 3.05) is 4.90 Å². The maximum Gasteiger partial charge on any atom is 0.0462 e. The molecular formula is C58H37NS2. The number of nitrogens with zero attached hydrogens (tertiary/aromatic N) is 1. The molecule has 10 aromatic carbocycles. The highest BCUT2D eigenvalue weighted by Gasteiger charge is 2.16. The van der Waals surface area contributed by atoms with Crippen molar-refractivity contribution in [2.45, 2.75) is 0 Å². The van der Waals surface area contributed by atoms with Crippen LogP contribution < -0.4 is 4.90 Å². The van der Waals surface area contributed by atoms with Crippen LogP contribution in [0.15, 0.2) is 224 Å². The van der Waals surface area contributed by atoms with Crippen molar-refractivity contribution in [2.24, 2.45) is 0 Å². The summed E-state index contributed by atoms with van der Waals surface area (Å²) in [5, 5.41) is 7.80. The lowest BCUT2D eigenvalue weighted by Crippen LogP contribution is -2.09. The van der Waals surface area contributed by atoms with E-state index >= 15 is 0 Å². The summed E-state index contributed by atoms with van der Waals surface area (Å²) in [6.45, 7) is 0. The second-order valence-electron chi connectivity index (χ2n) is 15.7. The summed E-state index contributed by atoms with van der Waals surface area (Å²) >= 11 is 3.72. The third-order valence-corrected chi connectivity index (χ3v) is 14.4. The van der Waals surface area contributed by atoms with Crippen molar-refractivity contribution in [3.05, 3.63) is 224 Å². The van der Waals surface area contributed by atoms with Gasteiger partial charge in [-0.2, -0.15) is 0 Å². The van der Waals surface area contributed by atoms with Gasteiger partial charge in [-0.3, -0.25) is 0 Å². The van der Waals surface area contributed by atoms with Crippen LogP contribution in [0.5, 0.6) is 0 Å². The summed E-state index contributed by atoms with van der Waals surface area (Å²) in [6, 6.07) is 82.4. The van der Waals surface area contributed by atoms with Gasteiger partial charge in [-0.1, -0.05) is 146 Å². The molecule has 2 aromatic heterocycles. The number of hydrogen-bond donors (Lipinski definition) is 0. The van der Waals surface area contributed by atoms with Gasteiger partial charge in [-0.05, 0) is 134 Å². The molecule has 1 nitrogen and oxygen atoms in total. The molecule has 0 unspecified atom stereocenters. The van der Waals surface area contributed by atoms with E-state index in [4.69, 9.17) is 0 Å². The summed E-state index contributed by atoms with van der Waals surface area (Å²) in [5.41, 5.74) is 13.0. The first kappa shape index (κ1) is 35.6. The van der Waals surface area contributed by atoms with Gasteiger partial charge in [0, 0.05) is 57.4 Å². The monoisotopic (exact) mass is 811 g/mol. The third kappa shape index (κ3) is 6.38. The Kier molecular flexibility index (Phi) is 8.62. The largest absolute Gasteiger partial charge is 0.311 e. The van der Waals surface area contributed by atoms with Crippen molar-refractivity contribution >= 4 is 90.9 Å². The molecule has 61 heavy (non-hydrogen) atoms. The van der Waals surface area contributed by atoms with Gasteiger partial charge in [0.15, 0.2) is 0 Å². The van der Waals surface area contributed by atoms with E-state index in [1.165, 1.54) is 95.6 Å². The van der Waals surface area contributed by atoms with E-state index in [-0.39, 0.29) is 0 Å². The van der Waals surface area contributed by atoms with E-state index in [0.29, 0.717) is 0 Å². The molecular weight excluding hydrogens is 775 g/mol. The standard InChI is InChI=1S/C58H37NS2/c1-2-13-49-41(9-1)10-8-16-50(49)45-12-7-11-42(35-45)38-19-27-46(28-20-38)59(47-29-21-39(22-30-47)43-25-33-57-53(36-43)51-14-3-5-17-55(51)60-57)48-31-23-40(24-32-48)44-26-34-58-54(37-44)52-15-4-6-18-56(52)61-58/h1-37H. The van der Waals surface area contributed by atoms with Crippen molar-refractivity contribution in [3.63, 3.8) is 0 Å². The minimum Gasteiger partial charge on any atom is -0.311 e. The highest BCUT2D eigenvalue weighted by Crippen LogP contribution is 2.41. The minimum atomic E-state index is 1.10. The zero-order chi connectivity index (χ0) is 40.3. The molecule has 0 spiro atoms. The highest BCUT2D eigenvalue weighted by molar-refractivity contribution is 7.26. The zero-order valence-electron chi connectivity index (χ0n) is 33.1. The van der Waals surface area contributed by atoms with E-state index in [1.54, 1.807) is 0 Å². The van der Waals surface area contributed by atoms with Crippen molar-refractivity contribution in [1.29, 1.82) is 0 Å². The normalized spacial score (nSPS) is 11.6. The Bertz CT molecular complexity index is 3410. The van der Waals surface area contributed by atoms with Crippen molar-refractivity contribution < 1.29 is 0 Å². The van der Waals surface area contributed by atoms with Gasteiger partial charge in [-0.15, -0.1) is 22.7 Å². The molecule has 0 saturated heterocycles. The number of hydrogen-bond acceptors (Lipinski definition) is 3. The fourth-order valence-corrected chi connectivity index (χ4v) is 11.2. The molecule has 0 amide bonds. The Morgan fingerprint density at radius 2 is 0.639 bits per heavy atom. The topological polar surface area (TPSA) is 3.24 Å². The molecule has 286 valence electrons. The van der Waals surface area contributed by atoms with Gasteiger partial charge in [0.1, 0.15) is 0 Å². The Morgan fingerprint density at radius 3 is 1.18 bits per heavy atom. The lowest BCUT2D eigenvalue weighted by Gasteiger charge is -2.26. The fraction of sp³-hybridized carbons (Fsp3) is 0. The lowest BCUT2D eigenvalue weighted by atomic mass is 9.95. The van der Waals surface area contributed by atoms with Crippen LogP contribution in [-0.4, -0.2) is 0 Å². The summed E-state index contributed by atoms with van der Waals surface area (Å²) in [6.07, 6.45) is 0. The molecule has 3 heteroatoms. The van der Waals surface area contributed by atoms with E-state index in [1.807, 2.05) is 22.7 Å². The Balaban J connectivity index is 0.912. The maximum absolute atomic E-state index is 2.37. The number of thiophene rings is 2. The van der Waals surface area contributed by atoms with E-state index in [0.717, 1.165) is 17.1 Å². The van der Waals surface area contributed by atoms with Crippen molar-refractivity contribution in [1.82, 2.24) is 0 Å². The SMILES string of the molecule is c1cc(-c2ccc(N(c3ccc(-c4ccc5sc6ccccc6c5c4)cc3)c3ccc(-c4ccc5sc6ccccc6c5c4)cc3)cc2)cc(-c2cccc3ccccc23)c1. The van der Waals surface area contributed by atoms with Crippen LogP contribution in [0.2, 0.25) is 0 Å². The fourth-order valence-electron chi connectivity index (χ4n) is 9.01. The number of anilines is 3. The van der Waals surface area contributed by atoms with Crippen LogP contribution in [0.4, 0.5) is 17.1 Å². The second-order valence-corrected chi connectivity index (χ2v) is 17.9. The summed E-state index contributed by atoms with van der Waals surface area (Å²) in [4.78, 5) is 2.37. The van der Waals surface area contributed by atoms with Crippen LogP contribution in [0.25, 0.3) is 95.6 Å². The molecule has 12 aromatic rings. The van der Waals surface area contributed by atoms with Crippen LogP contribution in [0.1, 0.15) is 0 Å². The first-order valence-corrected chi connectivity index (χ1v) is 22.4. The Labute approximate surface area is 362 Å². The van der Waals surface area contributed by atoms with Gasteiger partial charge in [0.05, 0.1) is 0 Å². The van der Waals surface area contributed by atoms with Crippen LogP contribution in [0.3, 0.4) is 0 Å². The van der Waals surface area contributed by atoms with E-state index in [9.17, 15) is 0 Å². The zero-order valence-corrected chi connectivity index (χ0v) is 34.8. The predicted molar refractivity (Wildman–Crippen MR) is 266 cm³/mol. The molecule has 12 rings (SSSR count). The Morgan fingerprint density at radius 1 is 0.246 bits per heavy atom. The molecule has 0 atom stereocenters. The lowest BCUT2D eigenvalue weighted by molar-refractivity contribution is 1.28. The van der Waals surface area contributed by atoms with E-state index in [2.05, 4.69) is 229 Å². The molecule has 0 aliphatic heterocycles. The van der Waals surface area contributed by atoms with Crippen LogP contribution in [-0.2, 0) is 0 Å². The molecule has 2 heterocycles. The third-order valence-electron chi connectivity index (χ3n) is 12.1. The van der Waals surface area contributed by atoms with Crippen LogP contribution in [0, 0.1) is 0 Å². The summed E-state index contributed by atoms with van der Waals surface area (Å²) < 4.78 is 5.30. The quantitative estimate of drug-likeness (QED) is 0.155. The maximum atomic E-state index is 2.37. The molecule has 0 aliphatic rings. The highest BCUT2D eigenvalue weighted by atomic mass is 32.1. The van der Waals surface area contributed by atoms with Gasteiger partial charge in [0.25, 0.3) is 0 Å². The smallest absolute Gasteiger partial charge is 0.0462 e. The molecule has 0 aliphatic carbocycles. The summed E-state index contributed by atoms with van der Waals surface area (Å²) in [7, 11) is 0. The molecule has 0 N–H and O–H groups in total. The minimum absolute atomic E-state index is 1.10. The van der Waals surface area contributed by atoms with Gasteiger partial charge < -0.3 is 4.90 Å². The number of benzene rings is 10. The van der Waals surface area contributed by atoms with Crippen LogP contribution >= 0.6 is 22.7 Å². The first-order chi connectivity index (χ1) is 30.2. The van der Waals surface area contributed by atoms with Gasteiger partial charge in [0.2, 0.25) is 0 Å². The average molecular weight is 812 g/mol. The molecule has 0 saturated carbocycles. The van der Waals surface area contributed by atoms with Gasteiger partial charge >= 0.3 is 0 Å². The second kappa shape index (κ2) is 14.8. The predicted octanol–water partition coefficient (Wildman–Crippen LogP) is 17.7. The molecule has 0 bridgehead atoms. The van der Waals surface area contributed by atoms with Gasteiger partial charge in [-0.25, -0.2) is 0 Å². The molecule has 0 fully saturated rings.